The van der Waals surface area contributed by atoms with Gasteiger partial charge < -0.3 is 4.74 Å². The fraction of sp³-hybridized carbons (Fsp3) is 0.364. The second-order valence-electron chi connectivity index (χ2n) is 3.42. The highest BCUT2D eigenvalue weighted by Crippen LogP contribution is 2.26. The molecule has 1 rings (SSSR count). The van der Waals surface area contributed by atoms with Crippen LogP contribution in [0.15, 0.2) is 18.2 Å². The monoisotopic (exact) mass is 344 g/mol. The molecule has 0 amide bonds. The molecule has 2 nitrogen and oxygen atoms in total. The number of carbonyl (C=O) groups excluding carboxylic acids is 1. The molecule has 0 spiro atoms. The largest absolute Gasteiger partial charge is 0.461 e. The predicted octanol–water partition coefficient (Wildman–Crippen LogP) is 4.00. The maximum absolute atomic E-state index is 12.4. The Bertz CT molecular complexity index is 435. The molecule has 0 aliphatic carbocycles. The Kier molecular flexibility index (Phi) is 5.47. The van der Waals surface area contributed by atoms with Gasteiger partial charge >= 0.3 is 12.1 Å². The summed E-state index contributed by atoms with van der Waals surface area (Å²) in [5, 5.41) is 0.562. The molecule has 0 aromatic heterocycles. The van der Waals surface area contributed by atoms with Crippen LogP contribution < -0.4 is 0 Å². The minimum atomic E-state index is -4.41. The molecule has 0 saturated carbocycles. The van der Waals surface area contributed by atoms with Crippen LogP contribution in [0.5, 0.6) is 0 Å². The molecule has 18 heavy (non-hydrogen) atoms. The second-order valence-corrected chi connectivity index (χ2v) is 4.65. The summed E-state index contributed by atoms with van der Waals surface area (Å²) in [4.78, 5) is 11.6. The van der Waals surface area contributed by atoms with Crippen LogP contribution in [0, 0.1) is 0 Å². The number of benzene rings is 1. The highest BCUT2D eigenvalue weighted by atomic mass is 79.9. The fourth-order valence-corrected chi connectivity index (χ4v) is 1.69. The second kappa shape index (κ2) is 6.43. The van der Waals surface area contributed by atoms with Crippen molar-refractivity contribution >= 4 is 33.5 Å². The molecule has 0 atom stereocenters. The molecule has 1 aromatic rings. The number of alkyl halides is 4. The van der Waals surface area contributed by atoms with Crippen LogP contribution in [-0.4, -0.2) is 24.1 Å². The lowest BCUT2D eigenvalue weighted by Crippen LogP contribution is -2.16. The van der Waals surface area contributed by atoms with Gasteiger partial charge in [-0.2, -0.15) is 13.2 Å². The zero-order valence-corrected chi connectivity index (χ0v) is 11.4. The first-order chi connectivity index (χ1) is 8.33. The Morgan fingerprint density at radius 1 is 1.39 bits per heavy atom. The van der Waals surface area contributed by atoms with Crippen molar-refractivity contribution < 1.29 is 22.7 Å². The first kappa shape index (κ1) is 15.3. The minimum absolute atomic E-state index is 0.0902. The van der Waals surface area contributed by atoms with E-state index in [0.717, 1.165) is 6.07 Å². The normalized spacial score (nSPS) is 11.4. The summed E-state index contributed by atoms with van der Waals surface area (Å²) in [5.74, 6) is -0.787. The summed E-state index contributed by atoms with van der Waals surface area (Å²) in [6.07, 6.45) is -5.62. The molecule has 0 radical (unpaired) electrons. The third-order valence-electron chi connectivity index (χ3n) is 1.99. The Balaban J connectivity index is 2.99. The molecule has 0 fully saturated rings. The van der Waals surface area contributed by atoms with Crippen molar-refractivity contribution in [2.24, 2.45) is 0 Å². The average molecular weight is 346 g/mol. The topological polar surface area (TPSA) is 26.3 Å². The summed E-state index contributed by atoms with van der Waals surface area (Å²) in [5.41, 5.74) is -0.299. The molecule has 0 bridgehead atoms. The molecule has 0 aliphatic rings. The maximum Gasteiger partial charge on any atom is 0.393 e. The molecule has 0 saturated heterocycles. The van der Waals surface area contributed by atoms with Gasteiger partial charge in [0.05, 0.1) is 12.0 Å². The Labute approximate surface area is 115 Å². The lowest BCUT2D eigenvalue weighted by Gasteiger charge is -2.11. The van der Waals surface area contributed by atoms with Crippen molar-refractivity contribution in [3.63, 3.8) is 0 Å². The van der Waals surface area contributed by atoms with Crippen LogP contribution in [0.2, 0.25) is 5.02 Å². The van der Waals surface area contributed by atoms with E-state index in [0.29, 0.717) is 5.33 Å². The fourth-order valence-electron chi connectivity index (χ4n) is 1.33. The van der Waals surface area contributed by atoms with Gasteiger partial charge in [0.25, 0.3) is 0 Å². The van der Waals surface area contributed by atoms with Gasteiger partial charge in [0.15, 0.2) is 0 Å². The predicted molar refractivity (Wildman–Crippen MR) is 65.3 cm³/mol. The van der Waals surface area contributed by atoms with Gasteiger partial charge in [-0.3, -0.25) is 0 Å². The molecule has 1 aromatic carbocycles. The van der Waals surface area contributed by atoms with Crippen LogP contribution in [0.4, 0.5) is 13.2 Å². The van der Waals surface area contributed by atoms with Gasteiger partial charge in [-0.15, -0.1) is 0 Å². The highest BCUT2D eigenvalue weighted by Gasteiger charge is 2.30. The molecule has 0 unspecified atom stereocenters. The lowest BCUT2D eigenvalue weighted by atomic mass is 10.0. The number of esters is 1. The van der Waals surface area contributed by atoms with Crippen molar-refractivity contribution in [3.8, 4) is 0 Å². The molecule has 0 heterocycles. The number of ether oxygens (including phenoxy) is 1. The van der Waals surface area contributed by atoms with Crippen LogP contribution in [0.3, 0.4) is 0 Å². The van der Waals surface area contributed by atoms with Crippen molar-refractivity contribution in [1.29, 1.82) is 0 Å². The molecule has 7 heteroatoms. The number of rotatable bonds is 4. The minimum Gasteiger partial charge on any atom is -0.461 e. The third-order valence-corrected chi connectivity index (χ3v) is 2.55. The van der Waals surface area contributed by atoms with E-state index in [2.05, 4.69) is 15.9 Å². The molecular weight excluding hydrogens is 336 g/mol. The average Bonchev–Trinajstić information content (AvgIpc) is 2.23. The SMILES string of the molecule is O=C(OCCBr)c1ccc(Cl)cc1CC(F)(F)F. The van der Waals surface area contributed by atoms with Crippen molar-refractivity contribution in [3.05, 3.63) is 34.3 Å². The quantitative estimate of drug-likeness (QED) is 0.609. The van der Waals surface area contributed by atoms with Crippen LogP contribution >= 0.6 is 27.5 Å². The van der Waals surface area contributed by atoms with Crippen LogP contribution in [0.25, 0.3) is 0 Å². The van der Waals surface area contributed by atoms with E-state index >= 15 is 0 Å². The highest BCUT2D eigenvalue weighted by molar-refractivity contribution is 9.09. The van der Waals surface area contributed by atoms with Crippen LogP contribution in [0.1, 0.15) is 15.9 Å². The van der Waals surface area contributed by atoms with E-state index in [1.807, 2.05) is 0 Å². The van der Waals surface area contributed by atoms with Gasteiger partial charge in [0.1, 0.15) is 6.61 Å². The Morgan fingerprint density at radius 3 is 2.61 bits per heavy atom. The molecule has 0 aliphatic heterocycles. The van der Waals surface area contributed by atoms with E-state index in [1.165, 1.54) is 12.1 Å². The molecule has 100 valence electrons. The Hall–Kier alpha value is -0.750. The number of halogens is 5. The molecule has 0 N–H and O–H groups in total. The maximum atomic E-state index is 12.4. The van der Waals surface area contributed by atoms with Gasteiger partial charge in [-0.1, -0.05) is 27.5 Å². The standard InChI is InChI=1S/C11H9BrClF3O2/c12-3-4-18-10(17)9-2-1-8(13)5-7(9)6-11(14,15)16/h1-2,5H,3-4,6H2. The first-order valence-electron chi connectivity index (χ1n) is 4.92. The lowest BCUT2D eigenvalue weighted by molar-refractivity contribution is -0.127. The summed E-state index contributed by atoms with van der Waals surface area (Å²) >= 11 is 8.68. The third kappa shape index (κ3) is 4.86. The summed E-state index contributed by atoms with van der Waals surface area (Å²) in [6, 6.07) is 3.71. The zero-order chi connectivity index (χ0) is 13.8. The number of hydrogen-bond donors (Lipinski definition) is 0. The Morgan fingerprint density at radius 2 is 2.06 bits per heavy atom. The van der Waals surface area contributed by atoms with Crippen molar-refractivity contribution in [2.45, 2.75) is 12.6 Å². The summed E-state index contributed by atoms with van der Waals surface area (Å²) in [7, 11) is 0. The van der Waals surface area contributed by atoms with Gasteiger partial charge in [0.2, 0.25) is 0 Å². The van der Waals surface area contributed by atoms with E-state index in [9.17, 15) is 18.0 Å². The first-order valence-corrected chi connectivity index (χ1v) is 6.41. The molecular formula is C11H9BrClF3O2. The van der Waals surface area contributed by atoms with Crippen molar-refractivity contribution in [2.75, 3.05) is 11.9 Å². The summed E-state index contributed by atoms with van der Waals surface area (Å²) < 4.78 is 41.9. The van der Waals surface area contributed by atoms with Gasteiger partial charge in [0, 0.05) is 10.4 Å². The van der Waals surface area contributed by atoms with E-state index in [1.54, 1.807) is 0 Å². The summed E-state index contributed by atoms with van der Waals surface area (Å²) in [6.45, 7) is 0.0902. The zero-order valence-electron chi connectivity index (χ0n) is 9.06. The van der Waals surface area contributed by atoms with E-state index < -0.39 is 18.6 Å². The van der Waals surface area contributed by atoms with Gasteiger partial charge in [-0.05, 0) is 23.8 Å². The van der Waals surface area contributed by atoms with Crippen molar-refractivity contribution in [1.82, 2.24) is 0 Å². The number of carbonyl (C=O) groups is 1. The smallest absolute Gasteiger partial charge is 0.393 e. The number of hydrogen-bond acceptors (Lipinski definition) is 2. The van der Waals surface area contributed by atoms with Crippen LogP contribution in [-0.2, 0) is 11.2 Å². The van der Waals surface area contributed by atoms with E-state index in [-0.39, 0.29) is 22.8 Å². The van der Waals surface area contributed by atoms with E-state index in [4.69, 9.17) is 16.3 Å². The van der Waals surface area contributed by atoms with Gasteiger partial charge in [-0.25, -0.2) is 4.79 Å².